The Morgan fingerprint density at radius 2 is 1.67 bits per heavy atom. The number of piperidine rings is 1. The van der Waals surface area contributed by atoms with Gasteiger partial charge >= 0.3 is 6.03 Å². The number of nitrogens with zero attached hydrogens (tertiary/aromatic N) is 3. The van der Waals surface area contributed by atoms with Gasteiger partial charge in [-0.15, -0.1) is 0 Å². The van der Waals surface area contributed by atoms with E-state index in [2.05, 4.69) is 17.1 Å². The molecular weight excluding hydrogens is 364 g/mol. The van der Waals surface area contributed by atoms with Crippen LogP contribution in [0, 0.1) is 5.92 Å². The number of carbonyl (C=O) groups is 1. The largest absolute Gasteiger partial charge is 0.337 e. The quantitative estimate of drug-likeness (QED) is 0.820. The van der Waals surface area contributed by atoms with Crippen molar-refractivity contribution in [3.63, 3.8) is 0 Å². The highest BCUT2D eigenvalue weighted by Gasteiger charge is 2.29. The van der Waals surface area contributed by atoms with E-state index in [0.29, 0.717) is 37.6 Å². The molecule has 2 amide bonds. The molecule has 0 aromatic heterocycles. The van der Waals surface area contributed by atoms with Crippen LogP contribution in [-0.4, -0.2) is 80.9 Å². The van der Waals surface area contributed by atoms with E-state index >= 15 is 0 Å². The fourth-order valence-electron chi connectivity index (χ4n) is 3.59. The van der Waals surface area contributed by atoms with Gasteiger partial charge in [0.15, 0.2) is 0 Å². The first kappa shape index (κ1) is 20.1. The molecule has 1 N–H and O–H groups in total. The van der Waals surface area contributed by atoms with E-state index in [1.54, 1.807) is 35.2 Å². The van der Waals surface area contributed by atoms with Gasteiger partial charge in [0.2, 0.25) is 10.0 Å². The second kappa shape index (κ2) is 9.03. The zero-order valence-corrected chi connectivity index (χ0v) is 16.8. The minimum absolute atomic E-state index is 0.0999. The molecule has 2 aliphatic heterocycles. The Kier molecular flexibility index (Phi) is 6.73. The minimum Gasteiger partial charge on any atom is -0.337 e. The third kappa shape index (κ3) is 5.21. The number of likely N-dealkylation sites (tertiary alicyclic amines) is 1. The highest BCUT2D eigenvalue weighted by atomic mass is 32.2. The molecule has 2 heterocycles. The first-order valence-electron chi connectivity index (χ1n) is 9.77. The summed E-state index contributed by atoms with van der Waals surface area (Å²) < 4.78 is 26.7. The number of carbonyl (C=O) groups excluding carboxylic acids is 1. The lowest BCUT2D eigenvalue weighted by atomic mass is 9.99. The molecule has 0 saturated carbocycles. The van der Waals surface area contributed by atoms with Crippen LogP contribution in [-0.2, 0) is 10.0 Å². The van der Waals surface area contributed by atoms with Crippen molar-refractivity contribution in [2.24, 2.45) is 5.92 Å². The van der Waals surface area contributed by atoms with Crippen LogP contribution in [0.25, 0.3) is 0 Å². The van der Waals surface area contributed by atoms with Crippen molar-refractivity contribution >= 4 is 16.1 Å². The molecule has 2 aliphatic rings. The lowest BCUT2D eigenvalue weighted by Crippen LogP contribution is -2.53. The van der Waals surface area contributed by atoms with Gasteiger partial charge in [0.1, 0.15) is 0 Å². The Balaban J connectivity index is 1.41. The zero-order valence-electron chi connectivity index (χ0n) is 16.0. The normalized spacial score (nSPS) is 20.6. The average molecular weight is 395 g/mol. The average Bonchev–Trinajstić information content (AvgIpc) is 2.70. The third-order valence-electron chi connectivity index (χ3n) is 5.49. The Labute approximate surface area is 162 Å². The van der Waals surface area contributed by atoms with Crippen molar-refractivity contribution in [2.75, 3.05) is 52.4 Å². The maximum absolute atomic E-state index is 12.6. The molecule has 2 saturated heterocycles. The number of hydrogen-bond donors (Lipinski definition) is 1. The number of nitrogens with one attached hydrogen (secondary N) is 1. The fourth-order valence-corrected chi connectivity index (χ4v) is 5.03. The zero-order chi connectivity index (χ0) is 19.3. The molecule has 0 unspecified atom stereocenters. The molecule has 0 radical (unpaired) electrons. The van der Waals surface area contributed by atoms with Crippen molar-refractivity contribution in [3.8, 4) is 0 Å². The number of piperazine rings is 1. The predicted octanol–water partition coefficient (Wildman–Crippen LogP) is 1.43. The van der Waals surface area contributed by atoms with Crippen LogP contribution in [0.1, 0.15) is 19.8 Å². The Morgan fingerprint density at radius 3 is 2.30 bits per heavy atom. The number of urea groups is 1. The van der Waals surface area contributed by atoms with E-state index < -0.39 is 10.0 Å². The molecule has 3 rings (SSSR count). The second-order valence-corrected chi connectivity index (χ2v) is 9.40. The molecule has 27 heavy (non-hydrogen) atoms. The molecule has 7 nitrogen and oxygen atoms in total. The van der Waals surface area contributed by atoms with Crippen molar-refractivity contribution in [2.45, 2.75) is 24.7 Å². The van der Waals surface area contributed by atoms with Crippen LogP contribution in [0.3, 0.4) is 0 Å². The van der Waals surface area contributed by atoms with Crippen LogP contribution in [0.5, 0.6) is 0 Å². The van der Waals surface area contributed by atoms with Crippen LogP contribution in [0.4, 0.5) is 4.79 Å². The summed E-state index contributed by atoms with van der Waals surface area (Å²) in [7, 11) is -3.48. The molecule has 150 valence electrons. The standard InChI is InChI=1S/C19H30N4O3S/c1-17-7-10-21(11-8-17)12-9-20-19(24)22-13-15-23(16-14-22)27(25,26)18-5-3-2-4-6-18/h2-6,17H,7-16H2,1H3,(H,20,24). The number of sulfonamides is 1. The molecule has 0 spiro atoms. The highest BCUT2D eigenvalue weighted by molar-refractivity contribution is 7.89. The molecule has 0 atom stereocenters. The van der Waals surface area contributed by atoms with Gasteiger partial charge < -0.3 is 15.1 Å². The van der Waals surface area contributed by atoms with Gasteiger partial charge in [0, 0.05) is 39.3 Å². The number of hydrogen-bond acceptors (Lipinski definition) is 4. The Hall–Kier alpha value is -1.64. The van der Waals surface area contributed by atoms with Gasteiger partial charge in [-0.2, -0.15) is 4.31 Å². The Bertz CT molecular complexity index is 710. The summed E-state index contributed by atoms with van der Waals surface area (Å²) in [5, 5.41) is 2.97. The predicted molar refractivity (Wildman–Crippen MR) is 105 cm³/mol. The second-order valence-electron chi connectivity index (χ2n) is 7.46. The lowest BCUT2D eigenvalue weighted by molar-refractivity contribution is 0.165. The van der Waals surface area contributed by atoms with Crippen LogP contribution in [0.15, 0.2) is 35.2 Å². The van der Waals surface area contributed by atoms with E-state index in [-0.39, 0.29) is 6.03 Å². The number of amides is 2. The fraction of sp³-hybridized carbons (Fsp3) is 0.632. The number of rotatable bonds is 5. The first-order valence-corrected chi connectivity index (χ1v) is 11.2. The van der Waals surface area contributed by atoms with Crippen molar-refractivity contribution in [3.05, 3.63) is 30.3 Å². The van der Waals surface area contributed by atoms with Crippen molar-refractivity contribution in [1.29, 1.82) is 0 Å². The van der Waals surface area contributed by atoms with Crippen LogP contribution in [0.2, 0.25) is 0 Å². The molecule has 2 fully saturated rings. The van der Waals surface area contributed by atoms with Crippen molar-refractivity contribution < 1.29 is 13.2 Å². The van der Waals surface area contributed by atoms with Gasteiger partial charge in [-0.1, -0.05) is 25.1 Å². The van der Waals surface area contributed by atoms with E-state index in [1.807, 2.05) is 0 Å². The monoisotopic (exact) mass is 394 g/mol. The number of benzene rings is 1. The van der Waals surface area contributed by atoms with E-state index in [4.69, 9.17) is 0 Å². The smallest absolute Gasteiger partial charge is 0.317 e. The molecule has 0 aliphatic carbocycles. The third-order valence-corrected chi connectivity index (χ3v) is 7.40. The SMILES string of the molecule is CC1CCN(CCNC(=O)N2CCN(S(=O)(=O)c3ccccc3)CC2)CC1. The summed E-state index contributed by atoms with van der Waals surface area (Å²) in [6, 6.07) is 8.35. The minimum atomic E-state index is -3.48. The summed E-state index contributed by atoms with van der Waals surface area (Å²) >= 11 is 0. The summed E-state index contributed by atoms with van der Waals surface area (Å²) in [6.07, 6.45) is 2.46. The van der Waals surface area contributed by atoms with Gasteiger partial charge in [0.05, 0.1) is 4.90 Å². The van der Waals surface area contributed by atoms with E-state index in [0.717, 1.165) is 25.6 Å². The molecule has 1 aromatic carbocycles. The topological polar surface area (TPSA) is 73.0 Å². The van der Waals surface area contributed by atoms with Gasteiger partial charge in [0.25, 0.3) is 0 Å². The first-order chi connectivity index (χ1) is 13.0. The highest BCUT2D eigenvalue weighted by Crippen LogP contribution is 2.17. The molecular formula is C19H30N4O3S. The molecule has 1 aromatic rings. The Morgan fingerprint density at radius 1 is 1.04 bits per heavy atom. The summed E-state index contributed by atoms with van der Waals surface area (Å²) in [5.41, 5.74) is 0. The van der Waals surface area contributed by atoms with Gasteiger partial charge in [-0.25, -0.2) is 13.2 Å². The van der Waals surface area contributed by atoms with Crippen LogP contribution < -0.4 is 5.32 Å². The van der Waals surface area contributed by atoms with Gasteiger partial charge in [-0.05, 0) is 44.0 Å². The summed E-state index contributed by atoms with van der Waals surface area (Å²) in [5.74, 6) is 0.805. The molecule has 0 bridgehead atoms. The van der Waals surface area contributed by atoms with E-state index in [9.17, 15) is 13.2 Å². The summed E-state index contributed by atoms with van der Waals surface area (Å²) in [4.78, 5) is 16.7. The van der Waals surface area contributed by atoms with Crippen molar-refractivity contribution in [1.82, 2.24) is 19.4 Å². The maximum atomic E-state index is 12.6. The van der Waals surface area contributed by atoms with Crippen LogP contribution >= 0.6 is 0 Å². The van der Waals surface area contributed by atoms with E-state index in [1.165, 1.54) is 17.1 Å². The lowest BCUT2D eigenvalue weighted by Gasteiger charge is -2.34. The van der Waals surface area contributed by atoms with Gasteiger partial charge in [-0.3, -0.25) is 0 Å². The molecule has 8 heteroatoms. The summed E-state index contributed by atoms with van der Waals surface area (Å²) in [6.45, 7) is 7.50. The maximum Gasteiger partial charge on any atom is 0.317 e.